The predicted octanol–water partition coefficient (Wildman–Crippen LogP) is -0.0982. The van der Waals surface area contributed by atoms with Gasteiger partial charge in [-0.05, 0) is 17.7 Å². The molecule has 1 heterocycles. The highest BCUT2D eigenvalue weighted by Crippen LogP contribution is 2.07. The number of aromatic amines is 1. The van der Waals surface area contributed by atoms with Crippen molar-refractivity contribution in [3.05, 3.63) is 56.7 Å². The summed E-state index contributed by atoms with van der Waals surface area (Å²) in [6.45, 7) is 0. The first kappa shape index (κ1) is 13.6. The van der Waals surface area contributed by atoms with Crippen molar-refractivity contribution in [2.45, 2.75) is 6.42 Å². The summed E-state index contributed by atoms with van der Waals surface area (Å²) in [4.78, 5) is 26.4. The molecule has 0 atom stereocenters. The molecule has 0 aliphatic heterocycles. The number of hydrogen-bond acceptors (Lipinski definition) is 5. The Bertz CT molecular complexity index is 734. The van der Waals surface area contributed by atoms with Gasteiger partial charge >= 0.3 is 5.69 Å². The molecule has 2 rings (SSSR count). The number of nitrogens with one attached hydrogen (secondary N) is 1. The maximum Gasteiger partial charge on any atom is 0.334 e. The number of hydrogen-bond donors (Lipinski definition) is 2. The number of nitriles is 1. The molecule has 0 spiro atoms. The van der Waals surface area contributed by atoms with Crippen molar-refractivity contribution < 1.29 is 0 Å². The van der Waals surface area contributed by atoms with Gasteiger partial charge in [0.25, 0.3) is 5.56 Å². The molecule has 0 fully saturated rings. The van der Waals surface area contributed by atoms with E-state index in [9.17, 15) is 9.59 Å². The molecule has 102 valence electrons. The molecule has 3 N–H and O–H groups in total. The summed E-state index contributed by atoms with van der Waals surface area (Å²) >= 11 is 0. The summed E-state index contributed by atoms with van der Waals surface area (Å²) in [6, 6.07) is 9.91. The predicted molar refractivity (Wildman–Crippen MR) is 74.6 cm³/mol. The van der Waals surface area contributed by atoms with Gasteiger partial charge in [-0.1, -0.05) is 12.1 Å². The van der Waals surface area contributed by atoms with Gasteiger partial charge in [-0.25, -0.2) is 15.2 Å². The quantitative estimate of drug-likeness (QED) is 0.598. The second-order valence-corrected chi connectivity index (χ2v) is 4.25. The molecule has 0 aliphatic carbocycles. The third-order valence-electron chi connectivity index (χ3n) is 2.78. The van der Waals surface area contributed by atoms with Crippen LogP contribution in [0.15, 0.2) is 39.9 Å². The molecule has 7 heteroatoms. The Morgan fingerprint density at radius 2 is 2.00 bits per heavy atom. The Morgan fingerprint density at radius 1 is 1.35 bits per heavy atom. The second kappa shape index (κ2) is 5.42. The highest BCUT2D eigenvalue weighted by Gasteiger charge is 2.08. The van der Waals surface area contributed by atoms with Crippen LogP contribution in [0.3, 0.4) is 0 Å². The first-order valence-electron chi connectivity index (χ1n) is 5.84. The van der Waals surface area contributed by atoms with E-state index in [4.69, 9.17) is 11.1 Å². The summed E-state index contributed by atoms with van der Waals surface area (Å²) in [6.07, 6.45) is 0.280. The number of nitrogens with two attached hydrogens (primary N) is 1. The highest BCUT2D eigenvalue weighted by molar-refractivity contribution is 5.38. The molecule has 0 unspecified atom stereocenters. The molecule has 0 saturated heterocycles. The Morgan fingerprint density at radius 3 is 2.50 bits per heavy atom. The van der Waals surface area contributed by atoms with E-state index in [1.807, 2.05) is 6.07 Å². The van der Waals surface area contributed by atoms with Crippen LogP contribution in [-0.2, 0) is 6.42 Å². The zero-order valence-electron chi connectivity index (χ0n) is 10.8. The number of nitrogens with zero attached hydrogens (tertiary/aromatic N) is 3. The second-order valence-electron chi connectivity index (χ2n) is 4.25. The Hall–Kier alpha value is -2.85. The average Bonchev–Trinajstić information content (AvgIpc) is 2.40. The number of benzene rings is 1. The van der Waals surface area contributed by atoms with Crippen LogP contribution in [0.2, 0.25) is 0 Å². The standard InChI is InChI=1S/C13H13N5O2/c1-17(15)11-8-12(19)18(13(20)16-11)10-4-2-9(3-5-10)6-7-14/h2-5,8H,6,15H2,1H3,(H,16,20). The third kappa shape index (κ3) is 2.60. The highest BCUT2D eigenvalue weighted by atomic mass is 16.2. The first-order chi connectivity index (χ1) is 9.52. The van der Waals surface area contributed by atoms with Crippen LogP contribution >= 0.6 is 0 Å². The van der Waals surface area contributed by atoms with Crippen LogP contribution < -0.4 is 22.1 Å². The molecule has 0 bridgehead atoms. The summed E-state index contributed by atoms with van der Waals surface area (Å²) in [5.41, 5.74) is 0.204. The molecule has 1 aromatic heterocycles. The largest absolute Gasteiger partial charge is 0.334 e. The fourth-order valence-corrected chi connectivity index (χ4v) is 1.77. The number of rotatable bonds is 3. The van der Waals surface area contributed by atoms with Crippen molar-refractivity contribution in [1.82, 2.24) is 9.55 Å². The van der Waals surface area contributed by atoms with Crippen molar-refractivity contribution in [3.8, 4) is 11.8 Å². The SMILES string of the molecule is CN(N)c1cc(=O)n(-c2ccc(CC#N)cc2)c(=O)[nH]1. The minimum absolute atomic E-state index is 0.234. The number of H-pyrrole nitrogens is 1. The lowest BCUT2D eigenvalue weighted by molar-refractivity contribution is 0.848. The lowest BCUT2D eigenvalue weighted by Gasteiger charge is -2.12. The lowest BCUT2D eigenvalue weighted by Crippen LogP contribution is -2.37. The molecule has 0 saturated carbocycles. The monoisotopic (exact) mass is 271 g/mol. The van der Waals surface area contributed by atoms with Crippen molar-refractivity contribution in [3.63, 3.8) is 0 Å². The van der Waals surface area contributed by atoms with Crippen LogP contribution in [-0.4, -0.2) is 16.6 Å². The van der Waals surface area contributed by atoms with Crippen molar-refractivity contribution in [2.75, 3.05) is 12.1 Å². The summed E-state index contributed by atoms with van der Waals surface area (Å²) in [5, 5.41) is 9.76. The van der Waals surface area contributed by atoms with Crippen molar-refractivity contribution in [2.24, 2.45) is 5.84 Å². The fourth-order valence-electron chi connectivity index (χ4n) is 1.77. The van der Waals surface area contributed by atoms with Gasteiger partial charge in [-0.3, -0.25) is 14.8 Å². The maximum atomic E-state index is 12.0. The molecule has 0 amide bonds. The van der Waals surface area contributed by atoms with E-state index in [-0.39, 0.29) is 12.2 Å². The zero-order valence-corrected chi connectivity index (χ0v) is 10.8. The Labute approximate surface area is 114 Å². The molecule has 1 aromatic carbocycles. The van der Waals surface area contributed by atoms with Gasteiger partial charge in [0, 0.05) is 13.1 Å². The van der Waals surface area contributed by atoms with Crippen LogP contribution in [0.4, 0.5) is 5.82 Å². The minimum atomic E-state index is -0.571. The van der Waals surface area contributed by atoms with E-state index in [1.54, 1.807) is 24.3 Å². The molecule has 7 nitrogen and oxygen atoms in total. The normalized spacial score (nSPS) is 10.1. The van der Waals surface area contributed by atoms with Gasteiger partial charge < -0.3 is 0 Å². The number of anilines is 1. The van der Waals surface area contributed by atoms with E-state index in [0.29, 0.717) is 5.69 Å². The van der Waals surface area contributed by atoms with Gasteiger partial charge in [0.05, 0.1) is 18.2 Å². The molecule has 0 radical (unpaired) electrons. The molecule has 2 aromatic rings. The Kier molecular flexibility index (Phi) is 3.68. The van der Waals surface area contributed by atoms with Gasteiger partial charge in [-0.15, -0.1) is 0 Å². The van der Waals surface area contributed by atoms with Crippen LogP contribution in [0.25, 0.3) is 5.69 Å². The zero-order chi connectivity index (χ0) is 14.7. The minimum Gasteiger partial charge on any atom is -0.299 e. The third-order valence-corrected chi connectivity index (χ3v) is 2.78. The molecular formula is C13H13N5O2. The van der Waals surface area contributed by atoms with Gasteiger partial charge in [0.2, 0.25) is 0 Å². The van der Waals surface area contributed by atoms with E-state index in [0.717, 1.165) is 15.1 Å². The molecule has 20 heavy (non-hydrogen) atoms. The summed E-state index contributed by atoms with van der Waals surface area (Å²) in [7, 11) is 1.52. The van der Waals surface area contributed by atoms with E-state index in [1.165, 1.54) is 13.1 Å². The average molecular weight is 271 g/mol. The maximum absolute atomic E-state index is 12.0. The van der Waals surface area contributed by atoms with E-state index < -0.39 is 11.2 Å². The van der Waals surface area contributed by atoms with Gasteiger partial charge in [-0.2, -0.15) is 5.26 Å². The van der Waals surface area contributed by atoms with Crippen LogP contribution in [0.5, 0.6) is 0 Å². The number of hydrazine groups is 1. The van der Waals surface area contributed by atoms with Crippen LogP contribution in [0.1, 0.15) is 5.56 Å². The lowest BCUT2D eigenvalue weighted by atomic mass is 10.1. The van der Waals surface area contributed by atoms with E-state index in [2.05, 4.69) is 4.98 Å². The summed E-state index contributed by atoms with van der Waals surface area (Å²) in [5.74, 6) is 5.71. The van der Waals surface area contributed by atoms with Crippen molar-refractivity contribution >= 4 is 5.82 Å². The number of aromatic nitrogens is 2. The fraction of sp³-hybridized carbons (Fsp3) is 0.154. The topological polar surface area (TPSA) is 108 Å². The van der Waals surface area contributed by atoms with E-state index >= 15 is 0 Å². The van der Waals surface area contributed by atoms with Gasteiger partial charge in [0.15, 0.2) is 0 Å². The smallest absolute Gasteiger partial charge is 0.299 e. The van der Waals surface area contributed by atoms with Crippen LogP contribution in [0, 0.1) is 11.3 Å². The molecular weight excluding hydrogens is 258 g/mol. The van der Waals surface area contributed by atoms with Crippen molar-refractivity contribution in [1.29, 1.82) is 5.26 Å². The van der Waals surface area contributed by atoms with Gasteiger partial charge in [0.1, 0.15) is 5.82 Å². The first-order valence-corrected chi connectivity index (χ1v) is 5.84. The summed E-state index contributed by atoms with van der Waals surface area (Å²) < 4.78 is 1.00. The Balaban J connectivity index is 2.51. The molecule has 0 aliphatic rings.